The van der Waals surface area contributed by atoms with Crippen LogP contribution in [0.3, 0.4) is 0 Å². The molecular formula is C9H14ClF3N2O. The van der Waals surface area contributed by atoms with E-state index in [2.05, 4.69) is 0 Å². The van der Waals surface area contributed by atoms with Gasteiger partial charge in [0.1, 0.15) is 11.9 Å². The summed E-state index contributed by atoms with van der Waals surface area (Å²) < 4.78 is 38.1. The Bertz CT molecular complexity index is 272. The molecule has 1 saturated heterocycles. The van der Waals surface area contributed by atoms with Crippen LogP contribution in [0.5, 0.6) is 0 Å². The van der Waals surface area contributed by atoms with Gasteiger partial charge in [-0.2, -0.15) is 13.2 Å². The topological polar surface area (TPSA) is 23.6 Å². The van der Waals surface area contributed by atoms with Crippen LogP contribution in [0.15, 0.2) is 0 Å². The SMILES string of the molecule is CC1CN(C(=O)CCl)CC(C(F)(F)F)N1C. The van der Waals surface area contributed by atoms with Gasteiger partial charge in [-0.1, -0.05) is 0 Å². The molecule has 0 aliphatic carbocycles. The summed E-state index contributed by atoms with van der Waals surface area (Å²) in [5, 5.41) is 0. The van der Waals surface area contributed by atoms with Gasteiger partial charge in [0.2, 0.25) is 5.91 Å². The van der Waals surface area contributed by atoms with E-state index in [1.165, 1.54) is 16.8 Å². The quantitative estimate of drug-likeness (QED) is 0.663. The molecule has 1 rings (SSSR count). The van der Waals surface area contributed by atoms with E-state index in [1.54, 1.807) is 6.92 Å². The number of piperazine rings is 1. The molecule has 0 spiro atoms. The second-order valence-corrected chi connectivity index (χ2v) is 4.27. The molecular weight excluding hydrogens is 245 g/mol. The Balaban J connectivity index is 2.81. The first-order valence-corrected chi connectivity index (χ1v) is 5.43. The fourth-order valence-corrected chi connectivity index (χ4v) is 1.96. The first kappa shape index (κ1) is 13.6. The molecule has 0 N–H and O–H groups in total. The van der Waals surface area contributed by atoms with Crippen molar-refractivity contribution in [2.75, 3.05) is 26.0 Å². The molecule has 94 valence electrons. The van der Waals surface area contributed by atoms with Crippen LogP contribution >= 0.6 is 11.6 Å². The summed E-state index contributed by atoms with van der Waals surface area (Å²) in [5.41, 5.74) is 0. The van der Waals surface area contributed by atoms with Crippen molar-refractivity contribution in [3.05, 3.63) is 0 Å². The highest BCUT2D eigenvalue weighted by Gasteiger charge is 2.47. The predicted molar refractivity (Wildman–Crippen MR) is 54.4 cm³/mol. The highest BCUT2D eigenvalue weighted by molar-refractivity contribution is 6.27. The van der Waals surface area contributed by atoms with Crippen LogP contribution < -0.4 is 0 Å². The van der Waals surface area contributed by atoms with Crippen LogP contribution in [0.4, 0.5) is 13.2 Å². The number of amides is 1. The number of hydrogen-bond acceptors (Lipinski definition) is 2. The van der Waals surface area contributed by atoms with Crippen LogP contribution in [0.2, 0.25) is 0 Å². The summed E-state index contributed by atoms with van der Waals surface area (Å²) in [6, 6.07) is -1.93. The van der Waals surface area contributed by atoms with Gasteiger partial charge < -0.3 is 4.90 Å². The molecule has 1 amide bonds. The van der Waals surface area contributed by atoms with Crippen molar-refractivity contribution in [2.24, 2.45) is 0 Å². The molecule has 0 saturated carbocycles. The van der Waals surface area contributed by atoms with Crippen molar-refractivity contribution in [1.82, 2.24) is 9.80 Å². The lowest BCUT2D eigenvalue weighted by Crippen LogP contribution is -2.62. The molecule has 2 atom stereocenters. The fraction of sp³-hybridized carbons (Fsp3) is 0.889. The van der Waals surface area contributed by atoms with Crippen molar-refractivity contribution in [1.29, 1.82) is 0 Å². The van der Waals surface area contributed by atoms with Crippen LogP contribution in [0.1, 0.15) is 6.92 Å². The third-order valence-electron chi connectivity index (χ3n) is 2.91. The Morgan fingerprint density at radius 2 is 2.00 bits per heavy atom. The fourth-order valence-electron chi connectivity index (χ4n) is 1.79. The van der Waals surface area contributed by atoms with Gasteiger partial charge in [-0.3, -0.25) is 9.69 Å². The van der Waals surface area contributed by atoms with Crippen molar-refractivity contribution in [3.8, 4) is 0 Å². The summed E-state index contributed by atoms with van der Waals surface area (Å²) in [7, 11) is 1.42. The molecule has 0 radical (unpaired) electrons. The minimum absolute atomic E-state index is 0.277. The molecule has 1 aliphatic heterocycles. The standard InChI is InChI=1S/C9H14ClF3N2O/c1-6-4-15(8(16)3-10)5-7(14(6)2)9(11,12)13/h6-7H,3-5H2,1-2H3. The van der Waals surface area contributed by atoms with Gasteiger partial charge in [-0.25, -0.2) is 0 Å². The van der Waals surface area contributed by atoms with Crippen molar-refractivity contribution >= 4 is 17.5 Å². The van der Waals surface area contributed by atoms with Crippen LogP contribution in [-0.2, 0) is 4.79 Å². The van der Waals surface area contributed by atoms with E-state index in [0.717, 1.165) is 0 Å². The number of halogens is 4. The number of likely N-dealkylation sites (N-methyl/N-ethyl adjacent to an activating group) is 1. The first-order valence-electron chi connectivity index (χ1n) is 4.89. The summed E-state index contributed by atoms with van der Waals surface area (Å²) in [6.45, 7) is 1.61. The van der Waals surface area contributed by atoms with Gasteiger partial charge in [0.05, 0.1) is 0 Å². The Morgan fingerprint density at radius 1 is 1.44 bits per heavy atom. The minimum atomic E-state index is -4.33. The van der Waals surface area contributed by atoms with E-state index < -0.39 is 18.1 Å². The highest BCUT2D eigenvalue weighted by Crippen LogP contribution is 2.29. The van der Waals surface area contributed by atoms with Gasteiger partial charge in [0, 0.05) is 19.1 Å². The molecule has 1 fully saturated rings. The summed E-state index contributed by atoms with van der Waals surface area (Å²) in [6.07, 6.45) is -4.33. The second-order valence-electron chi connectivity index (χ2n) is 4.00. The van der Waals surface area contributed by atoms with Crippen molar-refractivity contribution < 1.29 is 18.0 Å². The van der Waals surface area contributed by atoms with Gasteiger partial charge >= 0.3 is 6.18 Å². The Labute approximate surface area is 97.1 Å². The van der Waals surface area contributed by atoms with E-state index >= 15 is 0 Å². The monoisotopic (exact) mass is 258 g/mol. The average molecular weight is 259 g/mol. The van der Waals surface area contributed by atoms with Crippen molar-refractivity contribution in [3.63, 3.8) is 0 Å². The van der Waals surface area contributed by atoms with Gasteiger partial charge in [0.25, 0.3) is 0 Å². The molecule has 0 aromatic heterocycles. The number of nitrogens with zero attached hydrogens (tertiary/aromatic N) is 2. The smallest absolute Gasteiger partial charge is 0.338 e. The minimum Gasteiger partial charge on any atom is -0.338 e. The normalized spacial score (nSPS) is 28.2. The van der Waals surface area contributed by atoms with Crippen LogP contribution in [0.25, 0.3) is 0 Å². The van der Waals surface area contributed by atoms with E-state index in [-0.39, 0.29) is 25.0 Å². The Hall–Kier alpha value is -0.490. The Kier molecular flexibility index (Phi) is 4.07. The highest BCUT2D eigenvalue weighted by atomic mass is 35.5. The lowest BCUT2D eigenvalue weighted by molar-refractivity contribution is -0.200. The number of hydrogen-bond donors (Lipinski definition) is 0. The molecule has 1 heterocycles. The second kappa shape index (κ2) is 4.79. The largest absolute Gasteiger partial charge is 0.405 e. The molecule has 7 heteroatoms. The van der Waals surface area contributed by atoms with E-state index in [4.69, 9.17) is 11.6 Å². The molecule has 16 heavy (non-hydrogen) atoms. The van der Waals surface area contributed by atoms with Crippen molar-refractivity contribution in [2.45, 2.75) is 25.2 Å². The molecule has 0 aromatic rings. The maximum absolute atomic E-state index is 12.7. The lowest BCUT2D eigenvalue weighted by atomic mass is 10.1. The third kappa shape index (κ3) is 2.79. The molecule has 3 nitrogen and oxygen atoms in total. The number of alkyl halides is 4. The zero-order valence-corrected chi connectivity index (χ0v) is 9.85. The van der Waals surface area contributed by atoms with E-state index in [0.29, 0.717) is 0 Å². The van der Waals surface area contributed by atoms with E-state index in [9.17, 15) is 18.0 Å². The summed E-state index contributed by atoms with van der Waals surface area (Å²) >= 11 is 5.35. The average Bonchev–Trinajstić information content (AvgIpc) is 2.18. The number of rotatable bonds is 1. The first-order chi connectivity index (χ1) is 7.27. The summed E-state index contributed by atoms with van der Waals surface area (Å²) in [5.74, 6) is -0.725. The molecule has 2 unspecified atom stereocenters. The van der Waals surface area contributed by atoms with Crippen LogP contribution in [0, 0.1) is 0 Å². The zero-order valence-electron chi connectivity index (χ0n) is 9.09. The van der Waals surface area contributed by atoms with Gasteiger partial charge in [-0.15, -0.1) is 11.6 Å². The number of carbonyl (C=O) groups excluding carboxylic acids is 1. The molecule has 0 aromatic carbocycles. The Morgan fingerprint density at radius 3 is 2.44 bits per heavy atom. The number of carbonyl (C=O) groups is 1. The zero-order chi connectivity index (χ0) is 12.5. The maximum Gasteiger partial charge on any atom is 0.405 e. The third-order valence-corrected chi connectivity index (χ3v) is 3.14. The van der Waals surface area contributed by atoms with Gasteiger partial charge in [-0.05, 0) is 14.0 Å². The lowest BCUT2D eigenvalue weighted by Gasteiger charge is -2.44. The van der Waals surface area contributed by atoms with Crippen LogP contribution in [-0.4, -0.2) is 60.0 Å². The molecule has 0 bridgehead atoms. The predicted octanol–water partition coefficient (Wildman–Crippen LogP) is 1.32. The van der Waals surface area contributed by atoms with E-state index in [1.807, 2.05) is 0 Å². The molecule has 1 aliphatic rings. The van der Waals surface area contributed by atoms with Gasteiger partial charge in [0.15, 0.2) is 0 Å². The summed E-state index contributed by atoms with van der Waals surface area (Å²) in [4.78, 5) is 13.7. The maximum atomic E-state index is 12.7.